The molecule has 0 saturated heterocycles. The van der Waals surface area contributed by atoms with E-state index in [1.54, 1.807) is 0 Å². The zero-order chi connectivity index (χ0) is 16.0. The van der Waals surface area contributed by atoms with Crippen molar-refractivity contribution in [2.45, 2.75) is 52.6 Å². The van der Waals surface area contributed by atoms with Gasteiger partial charge in [-0.1, -0.05) is 34.6 Å². The summed E-state index contributed by atoms with van der Waals surface area (Å²) in [6.45, 7) is 13.2. The lowest BCUT2D eigenvalue weighted by atomic mass is 9.91. The molecule has 1 aromatic rings. The van der Waals surface area contributed by atoms with Gasteiger partial charge in [0.25, 0.3) is 0 Å². The monoisotopic (exact) mass is 293 g/mol. The fourth-order valence-electron chi connectivity index (χ4n) is 1.77. The Morgan fingerprint density at radius 1 is 1.24 bits per heavy atom. The summed E-state index contributed by atoms with van der Waals surface area (Å²) in [5.74, 6) is 0.727. The smallest absolute Gasteiger partial charge is 0.213 e. The Hall–Kier alpha value is -1.13. The molecule has 0 amide bonds. The van der Waals surface area contributed by atoms with Crippen molar-refractivity contribution in [3.8, 4) is 5.88 Å². The highest BCUT2D eigenvalue weighted by atomic mass is 16.5. The van der Waals surface area contributed by atoms with E-state index in [9.17, 15) is 0 Å². The first-order valence-corrected chi connectivity index (χ1v) is 7.71. The van der Waals surface area contributed by atoms with Gasteiger partial charge in [0.2, 0.25) is 5.88 Å². The molecule has 0 aliphatic carbocycles. The van der Waals surface area contributed by atoms with E-state index in [1.165, 1.54) is 5.56 Å². The molecule has 0 bridgehead atoms. The molecule has 0 aliphatic heterocycles. The second-order valence-electron chi connectivity index (χ2n) is 7.14. The van der Waals surface area contributed by atoms with Gasteiger partial charge in [-0.05, 0) is 25.7 Å². The molecule has 4 heteroatoms. The number of pyridine rings is 1. The van der Waals surface area contributed by atoms with E-state index >= 15 is 0 Å². The van der Waals surface area contributed by atoms with Crippen LogP contribution in [0.25, 0.3) is 0 Å². The molecule has 0 radical (unpaired) electrons. The van der Waals surface area contributed by atoms with Crippen molar-refractivity contribution in [3.63, 3.8) is 0 Å². The minimum Gasteiger partial charge on any atom is -0.476 e. The summed E-state index contributed by atoms with van der Waals surface area (Å²) in [6, 6.07) is 4.68. The van der Waals surface area contributed by atoms with Crippen LogP contribution < -0.4 is 10.1 Å². The highest BCUT2D eigenvalue weighted by Gasteiger charge is 2.17. The van der Waals surface area contributed by atoms with E-state index in [4.69, 9.17) is 4.74 Å². The molecule has 120 valence electrons. The summed E-state index contributed by atoms with van der Waals surface area (Å²) in [5.41, 5.74) is 2.32. The van der Waals surface area contributed by atoms with Crippen molar-refractivity contribution in [2.75, 3.05) is 27.2 Å². The lowest BCUT2D eigenvalue weighted by molar-refractivity contribution is 0.252. The summed E-state index contributed by atoms with van der Waals surface area (Å²) < 4.78 is 5.82. The van der Waals surface area contributed by atoms with Crippen LogP contribution in [0.4, 0.5) is 0 Å². The summed E-state index contributed by atoms with van der Waals surface area (Å²) >= 11 is 0. The highest BCUT2D eigenvalue weighted by molar-refractivity contribution is 5.28. The molecule has 0 aliphatic rings. The van der Waals surface area contributed by atoms with Gasteiger partial charge in [-0.2, -0.15) is 0 Å². The van der Waals surface area contributed by atoms with E-state index in [2.05, 4.69) is 55.9 Å². The van der Waals surface area contributed by atoms with Gasteiger partial charge >= 0.3 is 0 Å². The molecule has 0 fully saturated rings. The number of hydrogen-bond donors (Lipinski definition) is 1. The molecule has 0 atom stereocenters. The van der Waals surface area contributed by atoms with Crippen molar-refractivity contribution in [1.29, 1.82) is 0 Å². The zero-order valence-corrected chi connectivity index (χ0v) is 14.7. The molecular weight excluding hydrogens is 262 g/mol. The topological polar surface area (TPSA) is 37.4 Å². The van der Waals surface area contributed by atoms with Crippen LogP contribution in [0, 0.1) is 0 Å². The van der Waals surface area contributed by atoms with E-state index in [-0.39, 0.29) is 5.41 Å². The molecule has 0 saturated carbocycles. The van der Waals surface area contributed by atoms with Crippen molar-refractivity contribution in [1.82, 2.24) is 15.2 Å². The first-order chi connectivity index (χ1) is 9.68. The Labute approximate surface area is 129 Å². The number of likely N-dealkylation sites (N-methyl/N-ethyl adjacent to an activating group) is 1. The average molecular weight is 293 g/mol. The fourth-order valence-corrected chi connectivity index (χ4v) is 1.77. The first kappa shape index (κ1) is 17.9. The highest BCUT2D eigenvalue weighted by Crippen LogP contribution is 2.24. The lowest BCUT2D eigenvalue weighted by Crippen LogP contribution is -2.23. The molecule has 0 unspecified atom stereocenters. The summed E-state index contributed by atoms with van der Waals surface area (Å²) in [5, 5.41) is 3.45. The first-order valence-electron chi connectivity index (χ1n) is 7.71. The maximum Gasteiger partial charge on any atom is 0.213 e. The predicted molar refractivity (Wildman–Crippen MR) is 89.0 cm³/mol. The standard InChI is InChI=1S/C17H31N3O/c1-13(2)18-12-14-10-15(17(3,4)5)19-16(11-14)21-9-8-20(6)7/h10-11,13,18H,8-9,12H2,1-7H3. The Morgan fingerprint density at radius 3 is 2.43 bits per heavy atom. The number of ether oxygens (including phenoxy) is 1. The van der Waals surface area contributed by atoms with Crippen molar-refractivity contribution < 1.29 is 4.74 Å². The molecule has 1 N–H and O–H groups in total. The summed E-state index contributed by atoms with van der Waals surface area (Å²) in [7, 11) is 4.08. The maximum absolute atomic E-state index is 5.82. The quantitative estimate of drug-likeness (QED) is 0.839. The maximum atomic E-state index is 5.82. The molecule has 0 aromatic carbocycles. The second kappa shape index (κ2) is 7.76. The number of nitrogens with zero attached hydrogens (tertiary/aromatic N) is 2. The van der Waals surface area contributed by atoms with Gasteiger partial charge < -0.3 is 15.0 Å². The van der Waals surface area contributed by atoms with Crippen LogP contribution in [0.2, 0.25) is 0 Å². The van der Waals surface area contributed by atoms with E-state index in [0.29, 0.717) is 12.6 Å². The predicted octanol–water partition coefficient (Wildman–Crippen LogP) is 2.82. The Morgan fingerprint density at radius 2 is 1.90 bits per heavy atom. The van der Waals surface area contributed by atoms with Crippen LogP contribution >= 0.6 is 0 Å². The lowest BCUT2D eigenvalue weighted by Gasteiger charge is -2.21. The van der Waals surface area contributed by atoms with Crippen LogP contribution in [0.1, 0.15) is 45.9 Å². The minimum absolute atomic E-state index is 0.0213. The second-order valence-corrected chi connectivity index (χ2v) is 7.14. The molecule has 21 heavy (non-hydrogen) atoms. The third-order valence-corrected chi connectivity index (χ3v) is 3.13. The van der Waals surface area contributed by atoms with Crippen molar-refractivity contribution in [3.05, 3.63) is 23.4 Å². The minimum atomic E-state index is 0.0213. The zero-order valence-electron chi connectivity index (χ0n) is 14.7. The normalized spacial score (nSPS) is 12.2. The van der Waals surface area contributed by atoms with Gasteiger partial charge in [0.05, 0.1) is 5.69 Å². The molecule has 1 aromatic heterocycles. The van der Waals surface area contributed by atoms with Crippen molar-refractivity contribution in [2.24, 2.45) is 0 Å². The van der Waals surface area contributed by atoms with Gasteiger partial charge in [0.1, 0.15) is 6.61 Å². The van der Waals surface area contributed by atoms with Gasteiger partial charge in [-0.25, -0.2) is 4.98 Å². The Balaban J connectivity index is 2.87. The van der Waals surface area contributed by atoms with E-state index in [1.807, 2.05) is 20.2 Å². The summed E-state index contributed by atoms with van der Waals surface area (Å²) in [6.07, 6.45) is 0. The number of rotatable bonds is 7. The Kier molecular flexibility index (Phi) is 6.62. The molecule has 1 heterocycles. The van der Waals surface area contributed by atoms with Gasteiger partial charge in [-0.3, -0.25) is 0 Å². The van der Waals surface area contributed by atoms with E-state index in [0.717, 1.165) is 24.7 Å². The number of hydrogen-bond acceptors (Lipinski definition) is 4. The van der Waals surface area contributed by atoms with Crippen molar-refractivity contribution >= 4 is 0 Å². The largest absolute Gasteiger partial charge is 0.476 e. The fraction of sp³-hybridized carbons (Fsp3) is 0.706. The third kappa shape index (κ3) is 6.91. The van der Waals surface area contributed by atoms with Gasteiger partial charge in [0, 0.05) is 30.6 Å². The van der Waals surface area contributed by atoms with Crippen LogP contribution in [-0.4, -0.2) is 43.2 Å². The molecule has 4 nitrogen and oxygen atoms in total. The molecule has 0 spiro atoms. The Bertz CT molecular complexity index is 436. The average Bonchev–Trinajstić information content (AvgIpc) is 2.34. The van der Waals surface area contributed by atoms with E-state index < -0.39 is 0 Å². The third-order valence-electron chi connectivity index (χ3n) is 3.13. The van der Waals surface area contributed by atoms with Crippen LogP contribution in [0.5, 0.6) is 5.88 Å². The van der Waals surface area contributed by atoms with Gasteiger partial charge in [0.15, 0.2) is 0 Å². The SMILES string of the molecule is CC(C)NCc1cc(OCCN(C)C)nc(C(C)(C)C)c1. The van der Waals surface area contributed by atoms with Gasteiger partial charge in [-0.15, -0.1) is 0 Å². The van der Waals surface area contributed by atoms with Crippen LogP contribution in [0.3, 0.4) is 0 Å². The number of aromatic nitrogens is 1. The van der Waals surface area contributed by atoms with Crippen LogP contribution in [0.15, 0.2) is 12.1 Å². The molecular formula is C17H31N3O. The molecule has 1 rings (SSSR count). The number of nitrogens with one attached hydrogen (secondary N) is 1. The summed E-state index contributed by atoms with van der Waals surface area (Å²) in [4.78, 5) is 6.77. The van der Waals surface area contributed by atoms with Crippen LogP contribution in [-0.2, 0) is 12.0 Å².